The lowest BCUT2D eigenvalue weighted by Gasteiger charge is -2.12. The molecule has 0 aliphatic carbocycles. The van der Waals surface area contributed by atoms with Gasteiger partial charge in [-0.25, -0.2) is 0 Å². The van der Waals surface area contributed by atoms with Gasteiger partial charge in [-0.2, -0.15) is 0 Å². The monoisotopic (exact) mass is 379 g/mol. The minimum Gasteiger partial charge on any atom is -0.494 e. The third-order valence-electron chi connectivity index (χ3n) is 2.59. The van der Waals surface area contributed by atoms with E-state index in [0.29, 0.717) is 6.54 Å². The van der Waals surface area contributed by atoms with Crippen molar-refractivity contribution in [3.8, 4) is 5.75 Å². The van der Waals surface area contributed by atoms with Gasteiger partial charge in [-0.1, -0.05) is 13.3 Å². The molecule has 0 saturated carbocycles. The molecule has 1 aromatic rings. The number of benzene rings is 1. The van der Waals surface area contributed by atoms with Crippen molar-refractivity contribution >= 4 is 31.9 Å². The summed E-state index contributed by atoms with van der Waals surface area (Å²) in [6, 6.07) is 4.03. The lowest BCUT2D eigenvalue weighted by Crippen LogP contribution is -2.26. The van der Waals surface area contributed by atoms with Gasteiger partial charge in [-0.15, -0.1) is 0 Å². The SMILES string of the molecule is CCCC(O)CNCc1cc(Br)c(OC)c(Br)c1. The van der Waals surface area contributed by atoms with E-state index in [9.17, 15) is 5.11 Å². The number of aliphatic hydroxyl groups is 1. The first-order valence-corrected chi connectivity index (χ1v) is 7.57. The molecule has 3 nitrogen and oxygen atoms in total. The topological polar surface area (TPSA) is 41.5 Å². The van der Waals surface area contributed by atoms with Crippen LogP contribution in [0.15, 0.2) is 21.1 Å². The van der Waals surface area contributed by atoms with Crippen molar-refractivity contribution in [1.29, 1.82) is 0 Å². The smallest absolute Gasteiger partial charge is 0.147 e. The summed E-state index contributed by atoms with van der Waals surface area (Å²) in [5, 5.41) is 12.9. The van der Waals surface area contributed by atoms with Gasteiger partial charge in [0.25, 0.3) is 0 Å². The highest BCUT2D eigenvalue weighted by atomic mass is 79.9. The fraction of sp³-hybridized carbons (Fsp3) is 0.538. The van der Waals surface area contributed by atoms with E-state index in [0.717, 1.165) is 39.6 Å². The van der Waals surface area contributed by atoms with Crippen LogP contribution in [-0.2, 0) is 6.54 Å². The molecule has 0 amide bonds. The molecule has 18 heavy (non-hydrogen) atoms. The van der Waals surface area contributed by atoms with Gasteiger partial charge in [0, 0.05) is 13.1 Å². The second-order valence-electron chi connectivity index (χ2n) is 4.17. The van der Waals surface area contributed by atoms with Crippen LogP contribution >= 0.6 is 31.9 Å². The second kappa shape index (κ2) is 8.15. The van der Waals surface area contributed by atoms with Crippen molar-refractivity contribution in [2.45, 2.75) is 32.4 Å². The normalized spacial score (nSPS) is 12.5. The third-order valence-corrected chi connectivity index (χ3v) is 3.77. The summed E-state index contributed by atoms with van der Waals surface area (Å²) in [5.41, 5.74) is 1.14. The lowest BCUT2D eigenvalue weighted by atomic mass is 10.2. The van der Waals surface area contributed by atoms with Crippen molar-refractivity contribution in [2.24, 2.45) is 0 Å². The lowest BCUT2D eigenvalue weighted by molar-refractivity contribution is 0.160. The Hall–Kier alpha value is -0.100. The summed E-state index contributed by atoms with van der Waals surface area (Å²) in [4.78, 5) is 0. The largest absolute Gasteiger partial charge is 0.494 e. The van der Waals surface area contributed by atoms with E-state index in [4.69, 9.17) is 4.74 Å². The van der Waals surface area contributed by atoms with E-state index >= 15 is 0 Å². The fourth-order valence-corrected chi connectivity index (χ4v) is 3.33. The van der Waals surface area contributed by atoms with Crippen LogP contribution in [0.25, 0.3) is 0 Å². The summed E-state index contributed by atoms with van der Waals surface area (Å²) in [6.45, 7) is 3.41. The van der Waals surface area contributed by atoms with Crippen LogP contribution < -0.4 is 10.1 Å². The van der Waals surface area contributed by atoms with Crippen LogP contribution in [0.1, 0.15) is 25.3 Å². The molecule has 0 saturated heterocycles. The zero-order valence-electron chi connectivity index (χ0n) is 10.7. The Morgan fingerprint density at radius 3 is 2.44 bits per heavy atom. The van der Waals surface area contributed by atoms with E-state index in [1.807, 2.05) is 12.1 Å². The molecule has 0 radical (unpaired) electrons. The van der Waals surface area contributed by atoms with Gasteiger partial charge >= 0.3 is 0 Å². The number of aliphatic hydroxyl groups excluding tert-OH is 1. The van der Waals surface area contributed by atoms with Gasteiger partial charge in [0.15, 0.2) is 0 Å². The average molecular weight is 381 g/mol. The van der Waals surface area contributed by atoms with E-state index in [1.54, 1.807) is 7.11 Å². The van der Waals surface area contributed by atoms with Crippen LogP contribution in [0.2, 0.25) is 0 Å². The van der Waals surface area contributed by atoms with Gasteiger partial charge < -0.3 is 15.2 Å². The number of ether oxygens (including phenoxy) is 1. The van der Waals surface area contributed by atoms with Gasteiger partial charge in [-0.05, 0) is 56.0 Å². The molecule has 0 fully saturated rings. The Morgan fingerprint density at radius 1 is 1.33 bits per heavy atom. The first kappa shape index (κ1) is 16.0. The number of halogens is 2. The number of hydrogen-bond acceptors (Lipinski definition) is 3. The molecule has 0 aromatic heterocycles. The molecule has 102 valence electrons. The number of nitrogens with one attached hydrogen (secondary N) is 1. The second-order valence-corrected chi connectivity index (χ2v) is 5.87. The van der Waals surface area contributed by atoms with Gasteiger partial charge in [0.1, 0.15) is 5.75 Å². The molecule has 2 N–H and O–H groups in total. The molecule has 0 heterocycles. The third kappa shape index (κ3) is 4.88. The average Bonchev–Trinajstić information content (AvgIpc) is 2.29. The van der Waals surface area contributed by atoms with Crippen LogP contribution in [0, 0.1) is 0 Å². The summed E-state index contributed by atoms with van der Waals surface area (Å²) in [7, 11) is 1.64. The van der Waals surface area contributed by atoms with Crippen LogP contribution in [-0.4, -0.2) is 24.9 Å². The molecule has 0 aliphatic heterocycles. The molecule has 5 heteroatoms. The number of hydrogen-bond donors (Lipinski definition) is 2. The zero-order chi connectivity index (χ0) is 13.5. The maximum absolute atomic E-state index is 9.62. The Morgan fingerprint density at radius 2 is 1.94 bits per heavy atom. The molecule has 0 bridgehead atoms. The Bertz CT molecular complexity index is 362. The Kier molecular flexibility index (Phi) is 7.22. The maximum Gasteiger partial charge on any atom is 0.147 e. The summed E-state index contributed by atoms with van der Waals surface area (Å²) < 4.78 is 7.09. The predicted octanol–water partition coefficient (Wildman–Crippen LogP) is 3.47. The highest BCUT2D eigenvalue weighted by Gasteiger charge is 2.08. The summed E-state index contributed by atoms with van der Waals surface area (Å²) in [6.07, 6.45) is 1.58. The van der Waals surface area contributed by atoms with Crippen molar-refractivity contribution < 1.29 is 9.84 Å². The van der Waals surface area contributed by atoms with Crippen molar-refractivity contribution in [3.63, 3.8) is 0 Å². The van der Waals surface area contributed by atoms with E-state index in [-0.39, 0.29) is 6.10 Å². The highest BCUT2D eigenvalue weighted by molar-refractivity contribution is 9.11. The van der Waals surface area contributed by atoms with Crippen molar-refractivity contribution in [2.75, 3.05) is 13.7 Å². The zero-order valence-corrected chi connectivity index (χ0v) is 13.8. The Balaban J connectivity index is 2.53. The number of rotatable bonds is 7. The molecule has 0 spiro atoms. The minimum atomic E-state index is -0.264. The van der Waals surface area contributed by atoms with E-state index in [1.165, 1.54) is 0 Å². The quantitative estimate of drug-likeness (QED) is 0.760. The van der Waals surface area contributed by atoms with E-state index in [2.05, 4.69) is 44.1 Å². The summed E-state index contributed by atoms with van der Waals surface area (Å²) in [5.74, 6) is 0.796. The molecule has 1 aromatic carbocycles. The molecular weight excluding hydrogens is 362 g/mol. The van der Waals surface area contributed by atoms with Gasteiger partial charge in [0.05, 0.1) is 22.2 Å². The van der Waals surface area contributed by atoms with Crippen molar-refractivity contribution in [1.82, 2.24) is 5.32 Å². The molecule has 1 unspecified atom stereocenters. The molecule has 1 atom stereocenters. The molecule has 1 rings (SSSR count). The van der Waals surface area contributed by atoms with Gasteiger partial charge in [-0.3, -0.25) is 0 Å². The van der Waals surface area contributed by atoms with Crippen LogP contribution in [0.4, 0.5) is 0 Å². The summed E-state index contributed by atoms with van der Waals surface area (Å²) >= 11 is 6.94. The predicted molar refractivity (Wildman–Crippen MR) is 81.0 cm³/mol. The minimum absolute atomic E-state index is 0.264. The van der Waals surface area contributed by atoms with E-state index < -0.39 is 0 Å². The van der Waals surface area contributed by atoms with Crippen LogP contribution in [0.5, 0.6) is 5.75 Å². The van der Waals surface area contributed by atoms with Crippen molar-refractivity contribution in [3.05, 3.63) is 26.6 Å². The standard InChI is InChI=1S/C13H19Br2NO2/c1-3-4-10(17)8-16-7-9-5-11(14)13(18-2)12(15)6-9/h5-6,10,16-17H,3-4,7-8H2,1-2H3. The first-order chi connectivity index (χ1) is 8.58. The molecular formula is C13H19Br2NO2. The first-order valence-electron chi connectivity index (χ1n) is 5.99. The fourth-order valence-electron chi connectivity index (χ4n) is 1.73. The van der Waals surface area contributed by atoms with Gasteiger partial charge in [0.2, 0.25) is 0 Å². The Labute approximate surface area is 125 Å². The maximum atomic E-state index is 9.62. The van der Waals surface area contributed by atoms with Crippen LogP contribution in [0.3, 0.4) is 0 Å². The molecule has 0 aliphatic rings. The number of methoxy groups -OCH3 is 1. The highest BCUT2D eigenvalue weighted by Crippen LogP contribution is 2.34.